The molecule has 1 aliphatic heterocycles. The van der Waals surface area contributed by atoms with Gasteiger partial charge < -0.3 is 19.2 Å². The highest BCUT2D eigenvalue weighted by Gasteiger charge is 2.23. The maximum atomic E-state index is 12.5. The highest BCUT2D eigenvalue weighted by Crippen LogP contribution is 2.24. The zero-order valence-electron chi connectivity index (χ0n) is 13.9. The molecule has 128 valence electrons. The molecule has 2 heterocycles. The lowest BCUT2D eigenvalue weighted by atomic mass is 10.0. The molecule has 6 nitrogen and oxygen atoms in total. The first-order chi connectivity index (χ1) is 11.5. The van der Waals surface area contributed by atoms with Crippen LogP contribution in [-0.4, -0.2) is 42.2 Å². The standard InChI is InChI=1S/C18H21NO5/c1-11-14-4-3-13(23-2)9-16(14)24-18(22)15(11)10-17(21)19-7-5-12(20)6-8-19/h3-4,9,12,20H,5-8,10H2,1-2H3. The van der Waals surface area contributed by atoms with Gasteiger partial charge in [0.05, 0.1) is 25.2 Å². The number of carbonyl (C=O) groups is 1. The van der Waals surface area contributed by atoms with Gasteiger partial charge in [0, 0.05) is 24.5 Å². The third-order valence-electron chi connectivity index (χ3n) is 4.64. The van der Waals surface area contributed by atoms with Gasteiger partial charge in [0.25, 0.3) is 0 Å². The van der Waals surface area contributed by atoms with Crippen LogP contribution < -0.4 is 10.4 Å². The summed E-state index contributed by atoms with van der Waals surface area (Å²) in [5.74, 6) is 0.505. The molecular weight excluding hydrogens is 310 g/mol. The summed E-state index contributed by atoms with van der Waals surface area (Å²) >= 11 is 0. The molecule has 24 heavy (non-hydrogen) atoms. The van der Waals surface area contributed by atoms with E-state index >= 15 is 0 Å². The van der Waals surface area contributed by atoms with E-state index in [0.717, 1.165) is 10.9 Å². The summed E-state index contributed by atoms with van der Waals surface area (Å²) in [5.41, 5.74) is 1.12. The monoisotopic (exact) mass is 331 g/mol. The summed E-state index contributed by atoms with van der Waals surface area (Å²) in [6.07, 6.45) is 0.844. The quantitative estimate of drug-likeness (QED) is 0.865. The fraction of sp³-hybridized carbons (Fsp3) is 0.444. The summed E-state index contributed by atoms with van der Waals surface area (Å²) in [4.78, 5) is 26.5. The third kappa shape index (κ3) is 3.14. The third-order valence-corrected chi connectivity index (χ3v) is 4.64. The van der Waals surface area contributed by atoms with E-state index in [1.165, 1.54) is 0 Å². The Balaban J connectivity index is 1.89. The van der Waals surface area contributed by atoms with Crippen molar-refractivity contribution in [2.45, 2.75) is 32.3 Å². The van der Waals surface area contributed by atoms with Gasteiger partial charge in [0.1, 0.15) is 11.3 Å². The van der Waals surface area contributed by atoms with E-state index in [9.17, 15) is 14.7 Å². The molecule has 2 aromatic rings. The number of nitrogens with zero attached hydrogens (tertiary/aromatic N) is 1. The SMILES string of the molecule is COc1ccc2c(C)c(CC(=O)N3CCC(O)CC3)c(=O)oc2c1. The van der Waals surface area contributed by atoms with Crippen molar-refractivity contribution in [3.63, 3.8) is 0 Å². The van der Waals surface area contributed by atoms with Crippen LogP contribution in [0.15, 0.2) is 27.4 Å². The molecule has 0 unspecified atom stereocenters. The fourth-order valence-electron chi connectivity index (χ4n) is 3.08. The number of methoxy groups -OCH3 is 1. The van der Waals surface area contributed by atoms with Crippen molar-refractivity contribution >= 4 is 16.9 Å². The van der Waals surface area contributed by atoms with E-state index in [1.807, 2.05) is 13.0 Å². The number of piperidine rings is 1. The number of likely N-dealkylation sites (tertiary alicyclic amines) is 1. The Morgan fingerprint density at radius 2 is 2.08 bits per heavy atom. The second kappa shape index (κ2) is 6.65. The molecule has 1 aromatic carbocycles. The molecule has 1 amide bonds. The number of fused-ring (bicyclic) bond motifs is 1. The van der Waals surface area contributed by atoms with E-state index in [4.69, 9.17) is 9.15 Å². The van der Waals surface area contributed by atoms with Crippen molar-refractivity contribution in [2.75, 3.05) is 20.2 Å². The molecular formula is C18H21NO5. The number of aliphatic hydroxyl groups is 1. The number of ether oxygens (including phenoxy) is 1. The van der Waals surface area contributed by atoms with Crippen molar-refractivity contribution in [3.05, 3.63) is 39.7 Å². The van der Waals surface area contributed by atoms with E-state index in [1.54, 1.807) is 24.1 Å². The van der Waals surface area contributed by atoms with Gasteiger partial charge in [-0.05, 0) is 37.5 Å². The Bertz CT molecular complexity index is 818. The van der Waals surface area contributed by atoms with Crippen molar-refractivity contribution < 1.29 is 19.1 Å². The Labute approximate surface area is 139 Å². The minimum atomic E-state index is -0.487. The minimum absolute atomic E-state index is 0.0201. The summed E-state index contributed by atoms with van der Waals surface area (Å²) < 4.78 is 10.5. The van der Waals surface area contributed by atoms with Crippen LogP contribution >= 0.6 is 0 Å². The molecule has 1 N–H and O–H groups in total. The summed E-state index contributed by atoms with van der Waals surface area (Å²) in [7, 11) is 1.55. The maximum Gasteiger partial charge on any atom is 0.340 e. The van der Waals surface area contributed by atoms with E-state index < -0.39 is 5.63 Å². The number of amides is 1. The van der Waals surface area contributed by atoms with Gasteiger partial charge in [-0.1, -0.05) is 0 Å². The van der Waals surface area contributed by atoms with Crippen LogP contribution in [0.4, 0.5) is 0 Å². The first-order valence-corrected chi connectivity index (χ1v) is 8.05. The van der Waals surface area contributed by atoms with Gasteiger partial charge in [0.2, 0.25) is 5.91 Å². The first kappa shape index (κ1) is 16.5. The molecule has 0 saturated carbocycles. The molecule has 3 rings (SSSR count). The Morgan fingerprint density at radius 1 is 1.38 bits per heavy atom. The fourth-order valence-corrected chi connectivity index (χ4v) is 3.08. The number of aliphatic hydroxyl groups excluding tert-OH is 1. The van der Waals surface area contributed by atoms with Crippen LogP contribution in [0.25, 0.3) is 11.0 Å². The molecule has 0 spiro atoms. The van der Waals surface area contributed by atoms with Gasteiger partial charge >= 0.3 is 5.63 Å². The van der Waals surface area contributed by atoms with Crippen molar-refractivity contribution in [1.82, 2.24) is 4.90 Å². The molecule has 0 radical (unpaired) electrons. The smallest absolute Gasteiger partial charge is 0.340 e. The number of hydrogen-bond acceptors (Lipinski definition) is 5. The lowest BCUT2D eigenvalue weighted by molar-refractivity contribution is -0.132. The van der Waals surface area contributed by atoms with Gasteiger partial charge in [-0.25, -0.2) is 4.79 Å². The van der Waals surface area contributed by atoms with Crippen molar-refractivity contribution in [3.8, 4) is 5.75 Å². The normalized spacial score (nSPS) is 15.7. The average Bonchev–Trinajstić information content (AvgIpc) is 2.58. The molecule has 1 fully saturated rings. The predicted molar refractivity (Wildman–Crippen MR) is 89.3 cm³/mol. The molecule has 1 aliphatic rings. The summed E-state index contributed by atoms with van der Waals surface area (Å²) in [6.45, 7) is 2.87. The maximum absolute atomic E-state index is 12.5. The predicted octanol–water partition coefficient (Wildman–Crippen LogP) is 1.64. The molecule has 6 heteroatoms. The van der Waals surface area contributed by atoms with Crippen LogP contribution in [0, 0.1) is 6.92 Å². The summed E-state index contributed by atoms with van der Waals surface area (Å²) in [6, 6.07) is 5.30. The number of carbonyl (C=O) groups excluding carboxylic acids is 1. The lowest BCUT2D eigenvalue weighted by Crippen LogP contribution is -2.41. The second-order valence-corrected chi connectivity index (χ2v) is 6.14. The van der Waals surface area contributed by atoms with E-state index in [2.05, 4.69) is 0 Å². The van der Waals surface area contributed by atoms with Crippen LogP contribution in [0.1, 0.15) is 24.0 Å². The number of benzene rings is 1. The Hall–Kier alpha value is -2.34. The first-order valence-electron chi connectivity index (χ1n) is 8.05. The van der Waals surface area contributed by atoms with Crippen LogP contribution in [0.5, 0.6) is 5.75 Å². The zero-order chi connectivity index (χ0) is 17.3. The van der Waals surface area contributed by atoms with Crippen LogP contribution in [0.3, 0.4) is 0 Å². The second-order valence-electron chi connectivity index (χ2n) is 6.14. The highest BCUT2D eigenvalue weighted by molar-refractivity contribution is 5.85. The average molecular weight is 331 g/mol. The zero-order valence-corrected chi connectivity index (χ0v) is 13.9. The van der Waals surface area contributed by atoms with Gasteiger partial charge in [-0.3, -0.25) is 4.79 Å². The van der Waals surface area contributed by atoms with Crippen LogP contribution in [0.2, 0.25) is 0 Å². The lowest BCUT2D eigenvalue weighted by Gasteiger charge is -2.29. The molecule has 0 atom stereocenters. The molecule has 1 saturated heterocycles. The largest absolute Gasteiger partial charge is 0.497 e. The molecule has 0 aliphatic carbocycles. The number of hydrogen-bond donors (Lipinski definition) is 1. The topological polar surface area (TPSA) is 80.0 Å². The highest BCUT2D eigenvalue weighted by atomic mass is 16.5. The summed E-state index contributed by atoms with van der Waals surface area (Å²) in [5, 5.41) is 10.3. The van der Waals surface area contributed by atoms with Crippen LogP contribution in [-0.2, 0) is 11.2 Å². The molecule has 0 bridgehead atoms. The van der Waals surface area contributed by atoms with Gasteiger partial charge in [-0.2, -0.15) is 0 Å². The Morgan fingerprint density at radius 3 is 2.75 bits per heavy atom. The van der Waals surface area contributed by atoms with E-state index in [-0.39, 0.29) is 18.4 Å². The number of rotatable bonds is 3. The number of aryl methyl sites for hydroxylation is 1. The Kier molecular flexibility index (Phi) is 4.57. The van der Waals surface area contributed by atoms with E-state index in [0.29, 0.717) is 42.8 Å². The van der Waals surface area contributed by atoms with Crippen molar-refractivity contribution in [2.24, 2.45) is 0 Å². The van der Waals surface area contributed by atoms with Gasteiger partial charge in [-0.15, -0.1) is 0 Å². The van der Waals surface area contributed by atoms with Gasteiger partial charge in [0.15, 0.2) is 0 Å². The minimum Gasteiger partial charge on any atom is -0.497 e. The molecule has 1 aromatic heterocycles. The van der Waals surface area contributed by atoms with Crippen molar-refractivity contribution in [1.29, 1.82) is 0 Å².